The second kappa shape index (κ2) is 4.04. The molecule has 0 fully saturated rings. The van der Waals surface area contributed by atoms with Crippen LogP contribution in [-0.2, 0) is 7.05 Å². The van der Waals surface area contributed by atoms with Crippen molar-refractivity contribution < 1.29 is 0 Å². The Morgan fingerprint density at radius 1 is 1.40 bits per heavy atom. The average Bonchev–Trinajstić information content (AvgIpc) is 2.59. The minimum atomic E-state index is 0.219. The fourth-order valence-corrected chi connectivity index (χ4v) is 1.24. The fraction of sp³-hybridized carbons (Fsp3) is 0.125. The SMILES string of the molecule is Cn1nccc1Nc1ncc(Cl)c(Cl)n1. The van der Waals surface area contributed by atoms with Crippen molar-refractivity contribution in [1.82, 2.24) is 19.7 Å². The first kappa shape index (κ1) is 10.2. The Labute approximate surface area is 96.1 Å². The second-order valence-electron chi connectivity index (χ2n) is 2.80. The van der Waals surface area contributed by atoms with Crippen LogP contribution >= 0.6 is 23.2 Å². The van der Waals surface area contributed by atoms with Gasteiger partial charge in [-0.15, -0.1) is 0 Å². The smallest absolute Gasteiger partial charge is 0.229 e. The molecule has 1 N–H and O–H groups in total. The molecule has 15 heavy (non-hydrogen) atoms. The Balaban J connectivity index is 2.25. The van der Waals surface area contributed by atoms with E-state index in [1.54, 1.807) is 24.0 Å². The van der Waals surface area contributed by atoms with Gasteiger partial charge in [-0.1, -0.05) is 23.2 Å². The summed E-state index contributed by atoms with van der Waals surface area (Å²) in [7, 11) is 1.81. The number of hydrogen-bond acceptors (Lipinski definition) is 4. The number of halogens is 2. The van der Waals surface area contributed by atoms with Crippen molar-refractivity contribution in [2.24, 2.45) is 7.05 Å². The standard InChI is InChI=1S/C8H7Cl2N5/c1-15-6(2-3-12-15)13-8-11-4-5(9)7(10)14-8/h2-4H,1H3,(H,11,13,14). The van der Waals surface area contributed by atoms with Crippen LogP contribution in [0.25, 0.3) is 0 Å². The predicted octanol–water partition coefficient (Wildman–Crippen LogP) is 2.26. The maximum Gasteiger partial charge on any atom is 0.229 e. The number of nitrogens with one attached hydrogen (secondary N) is 1. The molecule has 0 saturated carbocycles. The molecular formula is C8H7Cl2N5. The Morgan fingerprint density at radius 3 is 2.80 bits per heavy atom. The number of rotatable bonds is 2. The molecule has 2 rings (SSSR count). The molecule has 5 nitrogen and oxygen atoms in total. The van der Waals surface area contributed by atoms with E-state index in [1.165, 1.54) is 6.20 Å². The van der Waals surface area contributed by atoms with Crippen LogP contribution in [0.4, 0.5) is 11.8 Å². The quantitative estimate of drug-likeness (QED) is 0.823. The minimum Gasteiger partial charge on any atom is -0.309 e. The minimum absolute atomic E-state index is 0.219. The number of aromatic nitrogens is 4. The van der Waals surface area contributed by atoms with Crippen LogP contribution in [0.15, 0.2) is 18.5 Å². The van der Waals surface area contributed by atoms with Crippen molar-refractivity contribution in [3.8, 4) is 0 Å². The molecule has 0 atom stereocenters. The van der Waals surface area contributed by atoms with Crippen LogP contribution in [0.1, 0.15) is 0 Å². The number of nitrogens with zero attached hydrogens (tertiary/aromatic N) is 4. The van der Waals surface area contributed by atoms with Gasteiger partial charge in [0.15, 0.2) is 5.15 Å². The highest BCUT2D eigenvalue weighted by Gasteiger charge is 2.04. The van der Waals surface area contributed by atoms with E-state index >= 15 is 0 Å². The molecule has 0 aliphatic carbocycles. The monoisotopic (exact) mass is 243 g/mol. The third kappa shape index (κ3) is 2.19. The summed E-state index contributed by atoms with van der Waals surface area (Å²) in [4.78, 5) is 7.93. The van der Waals surface area contributed by atoms with Gasteiger partial charge in [0.1, 0.15) is 5.82 Å². The molecule has 2 heterocycles. The maximum atomic E-state index is 5.75. The lowest BCUT2D eigenvalue weighted by molar-refractivity contribution is 0.775. The van der Waals surface area contributed by atoms with Gasteiger partial charge in [0, 0.05) is 13.1 Å². The van der Waals surface area contributed by atoms with Gasteiger partial charge in [0.05, 0.1) is 17.4 Å². The molecule has 0 aliphatic heterocycles. The first-order valence-electron chi connectivity index (χ1n) is 4.10. The Hall–Kier alpha value is -1.33. The first-order chi connectivity index (χ1) is 7.16. The molecule has 2 aromatic rings. The van der Waals surface area contributed by atoms with Gasteiger partial charge >= 0.3 is 0 Å². The number of hydrogen-bond donors (Lipinski definition) is 1. The van der Waals surface area contributed by atoms with Crippen LogP contribution in [0.3, 0.4) is 0 Å². The summed E-state index contributed by atoms with van der Waals surface area (Å²) in [6, 6.07) is 1.80. The third-order valence-corrected chi connectivity index (χ3v) is 2.42. The molecule has 7 heteroatoms. The van der Waals surface area contributed by atoms with Crippen molar-refractivity contribution in [1.29, 1.82) is 0 Å². The first-order valence-corrected chi connectivity index (χ1v) is 4.85. The molecule has 0 aliphatic rings. The van der Waals surface area contributed by atoms with Crippen LogP contribution < -0.4 is 5.32 Å². The summed E-state index contributed by atoms with van der Waals surface area (Å²) in [6.07, 6.45) is 3.11. The molecule has 0 saturated heterocycles. The van der Waals surface area contributed by atoms with Crippen molar-refractivity contribution in [3.05, 3.63) is 28.6 Å². The Bertz CT molecular complexity index is 482. The van der Waals surface area contributed by atoms with Crippen LogP contribution in [-0.4, -0.2) is 19.7 Å². The van der Waals surface area contributed by atoms with E-state index < -0.39 is 0 Å². The maximum absolute atomic E-state index is 5.75. The lowest BCUT2D eigenvalue weighted by Gasteiger charge is -2.04. The number of aryl methyl sites for hydroxylation is 1. The van der Waals surface area contributed by atoms with E-state index in [-0.39, 0.29) is 5.15 Å². The van der Waals surface area contributed by atoms with Gasteiger partial charge in [0.25, 0.3) is 0 Å². The summed E-state index contributed by atoms with van der Waals surface area (Å²) in [6.45, 7) is 0. The zero-order chi connectivity index (χ0) is 10.8. The van der Waals surface area contributed by atoms with E-state index in [0.29, 0.717) is 11.0 Å². The molecular weight excluding hydrogens is 237 g/mol. The highest BCUT2D eigenvalue weighted by Crippen LogP contribution is 2.20. The lowest BCUT2D eigenvalue weighted by atomic mass is 10.6. The fourth-order valence-electron chi connectivity index (χ4n) is 1.02. The number of anilines is 2. The molecule has 2 aromatic heterocycles. The van der Waals surface area contributed by atoms with Crippen molar-refractivity contribution >= 4 is 35.0 Å². The van der Waals surface area contributed by atoms with E-state index in [9.17, 15) is 0 Å². The van der Waals surface area contributed by atoms with Crippen molar-refractivity contribution in [2.45, 2.75) is 0 Å². The molecule has 0 spiro atoms. The van der Waals surface area contributed by atoms with E-state index in [1.807, 2.05) is 0 Å². The lowest BCUT2D eigenvalue weighted by Crippen LogP contribution is -2.02. The van der Waals surface area contributed by atoms with Gasteiger partial charge in [-0.05, 0) is 0 Å². The van der Waals surface area contributed by atoms with Gasteiger partial charge in [0.2, 0.25) is 5.95 Å². The summed E-state index contributed by atoms with van der Waals surface area (Å²) >= 11 is 11.4. The topological polar surface area (TPSA) is 55.6 Å². The molecule has 0 radical (unpaired) electrons. The molecule has 0 aromatic carbocycles. The molecule has 0 bridgehead atoms. The predicted molar refractivity (Wildman–Crippen MR) is 58.5 cm³/mol. The van der Waals surface area contributed by atoms with E-state index in [0.717, 1.165) is 5.82 Å². The molecule has 0 unspecified atom stereocenters. The summed E-state index contributed by atoms with van der Waals surface area (Å²) in [5.41, 5.74) is 0. The van der Waals surface area contributed by atoms with Crippen LogP contribution in [0.5, 0.6) is 0 Å². The second-order valence-corrected chi connectivity index (χ2v) is 3.56. The highest BCUT2D eigenvalue weighted by molar-refractivity contribution is 6.41. The van der Waals surface area contributed by atoms with Crippen LogP contribution in [0.2, 0.25) is 10.2 Å². The van der Waals surface area contributed by atoms with Crippen molar-refractivity contribution in [2.75, 3.05) is 5.32 Å². The molecule has 0 amide bonds. The zero-order valence-electron chi connectivity index (χ0n) is 7.78. The largest absolute Gasteiger partial charge is 0.309 e. The van der Waals surface area contributed by atoms with Gasteiger partial charge in [-0.25, -0.2) is 4.98 Å². The van der Waals surface area contributed by atoms with Gasteiger partial charge in [-0.2, -0.15) is 10.1 Å². The Kier molecular flexibility index (Phi) is 2.75. The summed E-state index contributed by atoms with van der Waals surface area (Å²) < 4.78 is 1.66. The molecule has 78 valence electrons. The third-order valence-electron chi connectivity index (χ3n) is 1.76. The average molecular weight is 244 g/mol. The zero-order valence-corrected chi connectivity index (χ0v) is 9.29. The van der Waals surface area contributed by atoms with Crippen molar-refractivity contribution in [3.63, 3.8) is 0 Å². The summed E-state index contributed by atoms with van der Waals surface area (Å²) in [5.74, 6) is 1.15. The van der Waals surface area contributed by atoms with E-state index in [4.69, 9.17) is 23.2 Å². The van der Waals surface area contributed by atoms with Crippen LogP contribution in [0, 0.1) is 0 Å². The van der Waals surface area contributed by atoms with Gasteiger partial charge < -0.3 is 5.32 Å². The normalized spacial score (nSPS) is 10.3. The van der Waals surface area contributed by atoms with E-state index in [2.05, 4.69) is 20.4 Å². The summed E-state index contributed by atoms with van der Waals surface area (Å²) in [5, 5.41) is 7.49. The highest BCUT2D eigenvalue weighted by atomic mass is 35.5. The van der Waals surface area contributed by atoms with Gasteiger partial charge in [-0.3, -0.25) is 4.68 Å². The Morgan fingerprint density at radius 2 is 2.20 bits per heavy atom.